The predicted octanol–water partition coefficient (Wildman–Crippen LogP) is 10.0. The van der Waals surface area contributed by atoms with Crippen molar-refractivity contribution in [3.05, 3.63) is 83.2 Å². The zero-order valence-corrected chi connectivity index (χ0v) is 31.9. The van der Waals surface area contributed by atoms with Crippen molar-refractivity contribution in [3.63, 3.8) is 0 Å². The predicted molar refractivity (Wildman–Crippen MR) is 184 cm³/mol. The molecule has 2 aromatic rings. The Kier molecular flexibility index (Phi) is 16.1. The van der Waals surface area contributed by atoms with Gasteiger partial charge in [0.1, 0.15) is 16.9 Å². The van der Waals surface area contributed by atoms with E-state index in [0.717, 1.165) is 45.3 Å². The van der Waals surface area contributed by atoms with Crippen molar-refractivity contribution >= 4 is 23.3 Å². The van der Waals surface area contributed by atoms with Gasteiger partial charge in [-0.3, -0.25) is 15.8 Å². The van der Waals surface area contributed by atoms with Gasteiger partial charge in [-0.25, -0.2) is 0 Å². The summed E-state index contributed by atoms with van der Waals surface area (Å²) in [4.78, 5) is 17.8. The molecule has 5 nitrogen and oxygen atoms in total. The van der Waals surface area contributed by atoms with Crippen LogP contribution in [0, 0.1) is 43.4 Å². The molecule has 1 aliphatic carbocycles. The number of hydrogen-bond donors (Lipinski definition) is 0. The second-order valence-electron chi connectivity index (χ2n) is 13.0. The maximum Gasteiger partial charge on any atom is 0.163 e. The van der Waals surface area contributed by atoms with Crippen LogP contribution in [0.1, 0.15) is 115 Å². The maximum absolute atomic E-state index is 11.3. The van der Waals surface area contributed by atoms with Crippen molar-refractivity contribution in [2.24, 2.45) is 28.2 Å². The molecule has 2 atom stereocenters. The molecule has 1 aliphatic heterocycles. The second kappa shape index (κ2) is 18.4. The zero-order chi connectivity index (χ0) is 31.6. The molecular weight excluding hydrogens is 637 g/mol. The van der Waals surface area contributed by atoms with Crippen molar-refractivity contribution in [2.75, 3.05) is 0 Å². The maximum atomic E-state index is 11.3. The summed E-state index contributed by atoms with van der Waals surface area (Å²) in [6, 6.07) is 1.90. The number of nitrogens with zero attached hydrogens (tertiary/aromatic N) is 4. The standard InChI is InChI=1S/C26H31N4OS.C11H21.Y/c1-8-10-11-13-20(12-9-2)22-21-14-18(4)32-25(21)30-19(5)28-29-24(30)23(27-22)26(6,7)15-17(3)16-31;1-10(2)11-8-6-4-3-5-7-9-11;/h8-14,17,23H,2,15H2,1,3-7H3;3,10-11H,4-9H2,1-2H3;/q2*-1;/b10-8-,13-11-,20-12+;;. The number of aryl methyl sites for hydroxylation is 2. The van der Waals surface area contributed by atoms with Gasteiger partial charge in [0.05, 0.1) is 5.71 Å². The number of rotatable bonds is 9. The average molecular weight is 690 g/mol. The number of carbonyl (C=O) groups excluding carboxylic acids is 1. The molecular formula is C37H52N4OSY-2. The van der Waals surface area contributed by atoms with Gasteiger partial charge in [0.15, 0.2) is 5.82 Å². The van der Waals surface area contributed by atoms with Crippen LogP contribution in [0.3, 0.4) is 0 Å². The molecule has 1 radical (unpaired) electrons. The molecule has 2 aromatic heterocycles. The quantitative estimate of drug-likeness (QED) is 0.195. The average Bonchev–Trinajstić information content (AvgIpc) is 3.46. The molecule has 0 saturated heterocycles. The molecule has 237 valence electrons. The minimum atomic E-state index is -0.338. The van der Waals surface area contributed by atoms with E-state index in [1.807, 2.05) is 45.1 Å². The molecule has 44 heavy (non-hydrogen) atoms. The molecule has 3 heterocycles. The van der Waals surface area contributed by atoms with E-state index in [1.165, 1.54) is 43.4 Å². The summed E-state index contributed by atoms with van der Waals surface area (Å²) in [6.07, 6.45) is 25.6. The van der Waals surface area contributed by atoms with E-state index in [2.05, 4.69) is 80.8 Å². The fraction of sp³-hybridized carbons (Fsp3) is 0.541. The summed E-state index contributed by atoms with van der Waals surface area (Å²) in [6.45, 7) is 20.9. The van der Waals surface area contributed by atoms with Gasteiger partial charge in [0.25, 0.3) is 0 Å². The fourth-order valence-corrected chi connectivity index (χ4v) is 7.28. The molecule has 4 rings (SSSR count). The molecule has 0 spiro atoms. The van der Waals surface area contributed by atoms with Crippen LogP contribution in [-0.2, 0) is 37.5 Å². The van der Waals surface area contributed by atoms with Gasteiger partial charge in [-0.15, -0.1) is 27.5 Å². The number of thiophene rings is 1. The Morgan fingerprint density at radius 3 is 2.45 bits per heavy atom. The zero-order valence-electron chi connectivity index (χ0n) is 28.3. The number of allylic oxidation sites excluding steroid dienone is 7. The van der Waals surface area contributed by atoms with E-state index in [0.29, 0.717) is 6.42 Å². The van der Waals surface area contributed by atoms with Crippen molar-refractivity contribution < 1.29 is 37.5 Å². The van der Waals surface area contributed by atoms with Gasteiger partial charge in [0, 0.05) is 48.7 Å². The summed E-state index contributed by atoms with van der Waals surface area (Å²) >= 11 is 1.71. The number of aromatic nitrogens is 3. The first-order valence-electron chi connectivity index (χ1n) is 16.0. The monoisotopic (exact) mass is 689 g/mol. The Bertz CT molecular complexity index is 1340. The molecule has 2 unspecified atom stereocenters. The molecule has 1 saturated carbocycles. The first-order valence-corrected chi connectivity index (χ1v) is 16.8. The van der Waals surface area contributed by atoms with Crippen molar-refractivity contribution in [2.45, 2.75) is 106 Å². The van der Waals surface area contributed by atoms with Crippen LogP contribution in [0.5, 0.6) is 0 Å². The molecule has 0 N–H and O–H groups in total. The summed E-state index contributed by atoms with van der Waals surface area (Å²) in [5, 5.41) is 10.0. The van der Waals surface area contributed by atoms with E-state index < -0.39 is 0 Å². The number of hydrogen-bond acceptors (Lipinski definition) is 5. The van der Waals surface area contributed by atoms with Gasteiger partial charge < -0.3 is 11.2 Å². The van der Waals surface area contributed by atoms with E-state index >= 15 is 0 Å². The first-order chi connectivity index (χ1) is 20.5. The van der Waals surface area contributed by atoms with E-state index in [-0.39, 0.29) is 50.1 Å². The molecule has 1 fully saturated rings. The minimum absolute atomic E-state index is 0. The van der Waals surface area contributed by atoms with Gasteiger partial charge in [-0.2, -0.15) is 12.8 Å². The Labute approximate surface area is 296 Å². The molecule has 2 aliphatic rings. The van der Waals surface area contributed by atoms with Gasteiger partial charge in [0.2, 0.25) is 0 Å². The van der Waals surface area contributed by atoms with Gasteiger partial charge in [-0.05, 0) is 44.1 Å². The van der Waals surface area contributed by atoms with E-state index in [1.54, 1.807) is 17.4 Å². The van der Waals surface area contributed by atoms with E-state index in [4.69, 9.17) is 4.99 Å². The fourth-order valence-electron chi connectivity index (χ4n) is 6.21. The minimum Gasteiger partial charge on any atom is -0.542 e. The number of fused-ring (bicyclic) bond motifs is 3. The smallest absolute Gasteiger partial charge is 0.163 e. The largest absolute Gasteiger partial charge is 0.542 e. The first kappa shape index (κ1) is 38.4. The number of aliphatic imine (C=N–C) groups is 1. The molecule has 0 aromatic carbocycles. The molecule has 0 bridgehead atoms. The summed E-state index contributed by atoms with van der Waals surface area (Å²) < 4.78 is 2.13. The van der Waals surface area contributed by atoms with Crippen LogP contribution in [0.25, 0.3) is 5.00 Å². The molecule has 7 heteroatoms. The second-order valence-corrected chi connectivity index (χ2v) is 14.2. The normalized spacial score (nSPS) is 18.7. The topological polar surface area (TPSA) is 60.1 Å². The summed E-state index contributed by atoms with van der Waals surface area (Å²) in [5.74, 6) is 3.36. The van der Waals surface area contributed by atoms with Gasteiger partial charge in [-0.1, -0.05) is 110 Å². The van der Waals surface area contributed by atoms with Crippen LogP contribution in [-0.4, -0.2) is 26.8 Å². The summed E-state index contributed by atoms with van der Waals surface area (Å²) in [5.41, 5.74) is 2.60. The molecule has 0 amide bonds. The van der Waals surface area contributed by atoms with Crippen molar-refractivity contribution in [3.8, 4) is 5.00 Å². The third kappa shape index (κ3) is 10.1. The Morgan fingerprint density at radius 1 is 1.18 bits per heavy atom. The van der Waals surface area contributed by atoms with Crippen LogP contribution in [0.15, 0.2) is 59.7 Å². The van der Waals surface area contributed by atoms with Gasteiger partial charge >= 0.3 is 0 Å². The SMILES string of the molecule is C=C\C=C(/C=C\C=C/C)C1=NC(C(C)(C)CC(C)[C-]=O)c2nnc(C)n2-c2sc(C)cc21.CC(C)C1CCC[CH-]CCC1.[Y]. The summed E-state index contributed by atoms with van der Waals surface area (Å²) in [7, 11) is 0. The van der Waals surface area contributed by atoms with Crippen LogP contribution in [0.2, 0.25) is 0 Å². The third-order valence-corrected chi connectivity index (χ3v) is 9.52. The Morgan fingerprint density at radius 2 is 1.86 bits per heavy atom. The van der Waals surface area contributed by atoms with Crippen LogP contribution >= 0.6 is 11.3 Å². The van der Waals surface area contributed by atoms with E-state index in [9.17, 15) is 4.79 Å². The van der Waals surface area contributed by atoms with Crippen LogP contribution < -0.4 is 0 Å². The Hall–Kier alpha value is -1.76. The van der Waals surface area contributed by atoms with Crippen molar-refractivity contribution in [1.82, 2.24) is 14.8 Å². The van der Waals surface area contributed by atoms with Crippen LogP contribution in [0.4, 0.5) is 0 Å². The Balaban J connectivity index is 0.000000475. The third-order valence-electron chi connectivity index (χ3n) is 8.48. The van der Waals surface area contributed by atoms with Crippen molar-refractivity contribution in [1.29, 1.82) is 0 Å².